The van der Waals surface area contributed by atoms with Gasteiger partial charge in [0.2, 0.25) is 0 Å². The Morgan fingerprint density at radius 3 is 3.18 bits per heavy atom. The van der Waals surface area contributed by atoms with Crippen LogP contribution in [0, 0.1) is 0 Å². The third kappa shape index (κ3) is 2.48. The summed E-state index contributed by atoms with van der Waals surface area (Å²) in [6.07, 6.45) is 1.48. The largest absolute Gasteiger partial charge is 0.368 e. The van der Waals surface area contributed by atoms with Gasteiger partial charge in [0.05, 0.1) is 6.61 Å². The van der Waals surface area contributed by atoms with Crippen LogP contribution in [0.2, 0.25) is 0 Å². The van der Waals surface area contributed by atoms with Gasteiger partial charge in [-0.1, -0.05) is 0 Å². The lowest BCUT2D eigenvalue weighted by atomic mass is 10.2. The molecule has 4 nitrogen and oxygen atoms in total. The number of amides is 1. The van der Waals surface area contributed by atoms with Crippen molar-refractivity contribution in [3.63, 3.8) is 0 Å². The van der Waals surface area contributed by atoms with E-state index in [1.807, 2.05) is 6.92 Å². The van der Waals surface area contributed by atoms with E-state index in [9.17, 15) is 4.79 Å². The highest BCUT2D eigenvalue weighted by molar-refractivity contribution is 5.79. The van der Waals surface area contributed by atoms with Crippen LogP contribution in [0.25, 0.3) is 0 Å². The number of carbonyl (C=O) groups is 1. The molecule has 1 aliphatic heterocycles. The molecule has 0 aromatic rings. The molecule has 0 spiro atoms. The van der Waals surface area contributed by atoms with Crippen LogP contribution in [-0.4, -0.2) is 25.2 Å². The Hall–Kier alpha value is -0.610. The molecule has 4 heteroatoms. The third-order valence-electron chi connectivity index (χ3n) is 1.54. The summed E-state index contributed by atoms with van der Waals surface area (Å²) in [5.74, 6) is -0.163. The molecule has 1 N–H and O–H groups in total. The Bertz CT molecular complexity index is 132. The summed E-state index contributed by atoms with van der Waals surface area (Å²) in [5, 5.41) is 0. The molecule has 1 aliphatic rings. The zero-order valence-corrected chi connectivity index (χ0v) is 6.63. The van der Waals surface area contributed by atoms with Crippen molar-refractivity contribution in [1.29, 1.82) is 0 Å². The lowest BCUT2D eigenvalue weighted by Gasteiger charge is -2.08. The summed E-state index contributed by atoms with van der Waals surface area (Å²) >= 11 is 0. The van der Waals surface area contributed by atoms with Crippen LogP contribution >= 0.6 is 0 Å². The number of hydroxylamine groups is 1. The number of rotatable bonds is 3. The zero-order valence-electron chi connectivity index (χ0n) is 6.63. The van der Waals surface area contributed by atoms with E-state index in [4.69, 9.17) is 9.57 Å². The van der Waals surface area contributed by atoms with E-state index in [1.165, 1.54) is 0 Å². The van der Waals surface area contributed by atoms with E-state index in [0.717, 1.165) is 12.8 Å². The Kier molecular flexibility index (Phi) is 3.32. The van der Waals surface area contributed by atoms with E-state index in [1.54, 1.807) is 0 Å². The fourth-order valence-corrected chi connectivity index (χ4v) is 0.993. The van der Waals surface area contributed by atoms with Gasteiger partial charge in [-0.05, 0) is 19.8 Å². The summed E-state index contributed by atoms with van der Waals surface area (Å²) < 4.78 is 5.12. The fourth-order valence-electron chi connectivity index (χ4n) is 0.993. The van der Waals surface area contributed by atoms with Crippen LogP contribution in [0.5, 0.6) is 0 Å². The third-order valence-corrected chi connectivity index (χ3v) is 1.54. The van der Waals surface area contributed by atoms with Crippen molar-refractivity contribution >= 4 is 5.91 Å². The molecule has 0 aromatic heterocycles. The Morgan fingerprint density at radius 1 is 1.82 bits per heavy atom. The van der Waals surface area contributed by atoms with Crippen LogP contribution in [-0.2, 0) is 14.4 Å². The molecule has 64 valence electrons. The van der Waals surface area contributed by atoms with E-state index in [2.05, 4.69) is 5.48 Å². The molecule has 1 atom stereocenters. The van der Waals surface area contributed by atoms with E-state index in [0.29, 0.717) is 13.2 Å². The van der Waals surface area contributed by atoms with Crippen molar-refractivity contribution < 1.29 is 14.4 Å². The molecule has 0 unspecified atom stereocenters. The number of ether oxygens (including phenoxy) is 1. The first-order valence-corrected chi connectivity index (χ1v) is 3.88. The van der Waals surface area contributed by atoms with Crippen LogP contribution in [0.3, 0.4) is 0 Å². The van der Waals surface area contributed by atoms with Gasteiger partial charge in [0, 0.05) is 6.61 Å². The van der Waals surface area contributed by atoms with Crippen molar-refractivity contribution in [3.8, 4) is 0 Å². The fraction of sp³-hybridized carbons (Fsp3) is 0.857. The minimum Gasteiger partial charge on any atom is -0.368 e. The van der Waals surface area contributed by atoms with Gasteiger partial charge in [0.25, 0.3) is 5.91 Å². The van der Waals surface area contributed by atoms with E-state index in [-0.39, 0.29) is 12.0 Å². The molecule has 0 aromatic carbocycles. The summed E-state index contributed by atoms with van der Waals surface area (Å²) in [5.41, 5.74) is 2.31. The molecule has 1 heterocycles. The Morgan fingerprint density at radius 2 is 2.64 bits per heavy atom. The van der Waals surface area contributed by atoms with Gasteiger partial charge in [0.1, 0.15) is 6.10 Å². The Balaban J connectivity index is 2.17. The molecule has 1 fully saturated rings. The average molecular weight is 159 g/mol. The van der Waals surface area contributed by atoms with Gasteiger partial charge in [-0.3, -0.25) is 9.63 Å². The smallest absolute Gasteiger partial charge is 0.272 e. The van der Waals surface area contributed by atoms with Gasteiger partial charge in [-0.15, -0.1) is 0 Å². The molecular formula is C7H13NO3. The van der Waals surface area contributed by atoms with Crippen LogP contribution in [0.15, 0.2) is 0 Å². The Labute approximate surface area is 65.8 Å². The minimum atomic E-state index is -0.290. The van der Waals surface area contributed by atoms with Crippen LogP contribution in [0.1, 0.15) is 19.8 Å². The summed E-state index contributed by atoms with van der Waals surface area (Å²) in [4.78, 5) is 15.8. The maximum absolute atomic E-state index is 11.0. The second-order valence-electron chi connectivity index (χ2n) is 2.40. The number of hydrogen-bond acceptors (Lipinski definition) is 3. The highest BCUT2D eigenvalue weighted by atomic mass is 16.7. The number of carbonyl (C=O) groups excluding carboxylic acids is 1. The molecule has 0 bridgehead atoms. The molecule has 1 rings (SSSR count). The molecule has 0 aliphatic carbocycles. The van der Waals surface area contributed by atoms with Gasteiger partial charge >= 0.3 is 0 Å². The van der Waals surface area contributed by atoms with Gasteiger partial charge in [-0.25, -0.2) is 5.48 Å². The molecule has 1 saturated heterocycles. The molecule has 0 saturated carbocycles. The maximum Gasteiger partial charge on any atom is 0.272 e. The van der Waals surface area contributed by atoms with Crippen molar-refractivity contribution in [1.82, 2.24) is 5.48 Å². The van der Waals surface area contributed by atoms with Gasteiger partial charge in [0.15, 0.2) is 0 Å². The molecule has 0 radical (unpaired) electrons. The molecule has 11 heavy (non-hydrogen) atoms. The first-order valence-electron chi connectivity index (χ1n) is 3.88. The van der Waals surface area contributed by atoms with E-state index >= 15 is 0 Å². The number of hydrogen-bond donors (Lipinski definition) is 1. The molecular weight excluding hydrogens is 146 g/mol. The minimum absolute atomic E-state index is 0.163. The van der Waals surface area contributed by atoms with Crippen LogP contribution in [0.4, 0.5) is 0 Å². The van der Waals surface area contributed by atoms with Gasteiger partial charge in [-0.2, -0.15) is 0 Å². The normalized spacial score (nSPS) is 23.5. The predicted octanol–water partition coefficient (Wildman–Crippen LogP) is 0.233. The van der Waals surface area contributed by atoms with Crippen molar-refractivity contribution in [2.45, 2.75) is 25.9 Å². The first kappa shape index (κ1) is 8.49. The number of nitrogens with one attached hydrogen (secondary N) is 1. The molecule has 1 amide bonds. The first-order chi connectivity index (χ1) is 5.34. The summed E-state index contributed by atoms with van der Waals surface area (Å²) in [7, 11) is 0. The predicted molar refractivity (Wildman–Crippen MR) is 38.7 cm³/mol. The van der Waals surface area contributed by atoms with Crippen molar-refractivity contribution in [3.05, 3.63) is 0 Å². The average Bonchev–Trinajstić information content (AvgIpc) is 2.52. The highest BCUT2D eigenvalue weighted by Gasteiger charge is 2.23. The van der Waals surface area contributed by atoms with Gasteiger partial charge < -0.3 is 4.74 Å². The lowest BCUT2D eigenvalue weighted by Crippen LogP contribution is -2.34. The van der Waals surface area contributed by atoms with Crippen LogP contribution < -0.4 is 5.48 Å². The standard InChI is InChI=1S/C7H13NO3/c1-2-11-8-7(9)6-4-3-5-10-6/h6H,2-5H2,1H3,(H,8,9)/t6-/m1/s1. The lowest BCUT2D eigenvalue weighted by molar-refractivity contribution is -0.142. The second-order valence-corrected chi connectivity index (χ2v) is 2.40. The second kappa shape index (κ2) is 4.31. The van der Waals surface area contributed by atoms with Crippen molar-refractivity contribution in [2.75, 3.05) is 13.2 Å². The SMILES string of the molecule is CCONC(=O)[C@H]1CCCO1. The highest BCUT2D eigenvalue weighted by Crippen LogP contribution is 2.11. The monoisotopic (exact) mass is 159 g/mol. The van der Waals surface area contributed by atoms with Crippen molar-refractivity contribution in [2.24, 2.45) is 0 Å². The zero-order chi connectivity index (χ0) is 8.10. The summed E-state index contributed by atoms with van der Waals surface area (Å²) in [6, 6.07) is 0. The van der Waals surface area contributed by atoms with E-state index < -0.39 is 0 Å². The summed E-state index contributed by atoms with van der Waals surface area (Å²) in [6.45, 7) is 2.98. The topological polar surface area (TPSA) is 47.6 Å². The quantitative estimate of drug-likeness (QED) is 0.600. The maximum atomic E-state index is 11.0.